The molecule has 0 fully saturated rings. The van der Waals surface area contributed by atoms with Gasteiger partial charge in [-0.25, -0.2) is 8.42 Å². The number of ether oxygens (including phenoxy) is 2. The Labute approximate surface area is 236 Å². The molecule has 0 bridgehead atoms. The van der Waals surface area contributed by atoms with Gasteiger partial charge in [-0.3, -0.25) is 14.4 Å². The number of sulfonamides is 1. The molecular formula is C30H37N3O6S. The van der Waals surface area contributed by atoms with Gasteiger partial charge in [-0.2, -0.15) is 0 Å². The van der Waals surface area contributed by atoms with Gasteiger partial charge in [-0.1, -0.05) is 43.3 Å². The highest BCUT2D eigenvalue weighted by Crippen LogP contribution is 2.36. The van der Waals surface area contributed by atoms with Crippen molar-refractivity contribution in [3.63, 3.8) is 0 Å². The van der Waals surface area contributed by atoms with Crippen LogP contribution < -0.4 is 14.2 Å². The zero-order valence-corrected chi connectivity index (χ0v) is 24.1. The van der Waals surface area contributed by atoms with E-state index in [0.717, 1.165) is 11.3 Å². The Hall–Kier alpha value is -3.60. The first-order chi connectivity index (χ1) is 19.1. The number of nitrogens with zero attached hydrogens (tertiary/aromatic N) is 2. The summed E-state index contributed by atoms with van der Waals surface area (Å²) in [7, 11) is -0.315. The number of nitrogens with one attached hydrogen (secondary N) is 1. The second kappa shape index (κ2) is 12.7. The summed E-state index contributed by atoms with van der Waals surface area (Å²) in [4.78, 5) is 17.5. The van der Waals surface area contributed by atoms with Gasteiger partial charge in [0, 0.05) is 25.6 Å². The van der Waals surface area contributed by atoms with Crippen LogP contribution in [0.25, 0.3) is 0 Å². The maximum atomic E-state index is 13.7. The van der Waals surface area contributed by atoms with Gasteiger partial charge in [0.1, 0.15) is 11.9 Å². The summed E-state index contributed by atoms with van der Waals surface area (Å²) in [6.45, 7) is 5.14. The standard InChI is InChI=1S/C30H37N3O6S/c1-21-17-33(22(2)20-34)30(35)26-11-8-12-27(31-40(36,37)25-9-6-5-7-10-25)29(26)39-28(21)19-32(3)18-23-13-15-24(38-4)16-14-23/h5-16,21-22,28,31,34H,17-20H2,1-4H3/t21-,22+,28-/m0/s1. The van der Waals surface area contributed by atoms with Gasteiger partial charge in [0.05, 0.1) is 35.9 Å². The van der Waals surface area contributed by atoms with E-state index in [-0.39, 0.29) is 46.4 Å². The van der Waals surface area contributed by atoms with Crippen LogP contribution in [0.5, 0.6) is 11.5 Å². The van der Waals surface area contributed by atoms with Crippen LogP contribution in [0.15, 0.2) is 77.7 Å². The number of benzene rings is 3. The fourth-order valence-electron chi connectivity index (χ4n) is 4.76. The van der Waals surface area contributed by atoms with Gasteiger partial charge >= 0.3 is 0 Å². The predicted octanol–water partition coefficient (Wildman–Crippen LogP) is 3.85. The number of carbonyl (C=O) groups excluding carboxylic acids is 1. The van der Waals surface area contributed by atoms with Crippen molar-refractivity contribution in [2.24, 2.45) is 5.92 Å². The fourth-order valence-corrected chi connectivity index (χ4v) is 5.84. The number of amides is 1. The van der Waals surface area contributed by atoms with E-state index in [2.05, 4.69) is 9.62 Å². The SMILES string of the molecule is COc1ccc(CN(C)C[C@@H]2Oc3c(NS(=O)(=O)c4ccccc4)cccc3C(=O)N([C@H](C)CO)C[C@@H]2C)cc1. The molecule has 0 aliphatic carbocycles. The molecule has 1 heterocycles. The number of rotatable bonds is 10. The smallest absolute Gasteiger partial charge is 0.262 e. The summed E-state index contributed by atoms with van der Waals surface area (Å²) in [6.07, 6.45) is -0.383. The number of likely N-dealkylation sites (N-methyl/N-ethyl adjacent to an activating group) is 1. The number of hydrogen-bond donors (Lipinski definition) is 2. The van der Waals surface area contributed by atoms with Crippen molar-refractivity contribution < 1.29 is 27.8 Å². The van der Waals surface area contributed by atoms with Gasteiger partial charge in [0.25, 0.3) is 15.9 Å². The van der Waals surface area contributed by atoms with E-state index < -0.39 is 16.1 Å². The highest BCUT2D eigenvalue weighted by Gasteiger charge is 2.35. The van der Waals surface area contributed by atoms with E-state index in [1.807, 2.05) is 38.2 Å². The molecule has 4 rings (SSSR count). The molecule has 10 heteroatoms. The molecule has 0 saturated carbocycles. The van der Waals surface area contributed by atoms with Gasteiger partial charge in [0.15, 0.2) is 5.75 Å². The summed E-state index contributed by atoms with van der Waals surface area (Å²) in [5.74, 6) is 0.516. The summed E-state index contributed by atoms with van der Waals surface area (Å²) >= 11 is 0. The summed E-state index contributed by atoms with van der Waals surface area (Å²) < 4.78 is 40.8. The Kier molecular flexibility index (Phi) is 9.34. The predicted molar refractivity (Wildman–Crippen MR) is 154 cm³/mol. The average molecular weight is 568 g/mol. The average Bonchev–Trinajstić information content (AvgIpc) is 2.95. The molecule has 1 amide bonds. The van der Waals surface area contributed by atoms with E-state index in [4.69, 9.17) is 9.47 Å². The van der Waals surface area contributed by atoms with E-state index in [1.165, 1.54) is 12.1 Å². The van der Waals surface area contributed by atoms with Crippen LogP contribution >= 0.6 is 0 Å². The normalized spacial score (nSPS) is 18.4. The molecule has 0 unspecified atom stereocenters. The molecule has 214 valence electrons. The van der Waals surface area contributed by atoms with Crippen LogP contribution in [0.1, 0.15) is 29.8 Å². The highest BCUT2D eigenvalue weighted by molar-refractivity contribution is 7.92. The van der Waals surface area contributed by atoms with Crippen LogP contribution in [-0.2, 0) is 16.6 Å². The molecule has 3 atom stereocenters. The van der Waals surface area contributed by atoms with E-state index >= 15 is 0 Å². The number of methoxy groups -OCH3 is 1. The molecule has 40 heavy (non-hydrogen) atoms. The van der Waals surface area contributed by atoms with Crippen molar-refractivity contribution in [2.45, 2.75) is 37.4 Å². The Morgan fingerprint density at radius 3 is 2.45 bits per heavy atom. The molecule has 0 spiro atoms. The number of carbonyl (C=O) groups is 1. The summed E-state index contributed by atoms with van der Waals surface area (Å²) in [6, 6.07) is 20.3. The third kappa shape index (κ3) is 6.75. The second-order valence-corrected chi connectivity index (χ2v) is 12.0. The van der Waals surface area contributed by atoms with Crippen molar-refractivity contribution in [1.29, 1.82) is 0 Å². The topological polar surface area (TPSA) is 108 Å². The molecule has 0 saturated heterocycles. The summed E-state index contributed by atoms with van der Waals surface area (Å²) in [5.41, 5.74) is 1.52. The molecule has 0 aromatic heterocycles. The number of anilines is 1. The zero-order valence-electron chi connectivity index (χ0n) is 23.3. The van der Waals surface area contributed by atoms with Gasteiger partial charge in [-0.05, 0) is 55.9 Å². The van der Waals surface area contributed by atoms with E-state index in [0.29, 0.717) is 19.6 Å². The Bertz CT molecular complexity index is 1400. The number of para-hydroxylation sites is 1. The second-order valence-electron chi connectivity index (χ2n) is 10.3. The molecular weight excluding hydrogens is 530 g/mol. The highest BCUT2D eigenvalue weighted by atomic mass is 32.2. The Morgan fingerprint density at radius 2 is 1.80 bits per heavy atom. The lowest BCUT2D eigenvalue weighted by molar-refractivity contribution is 0.0344. The van der Waals surface area contributed by atoms with Gasteiger partial charge in [0.2, 0.25) is 0 Å². The third-order valence-electron chi connectivity index (χ3n) is 7.09. The maximum Gasteiger partial charge on any atom is 0.262 e. The van der Waals surface area contributed by atoms with Crippen molar-refractivity contribution in [3.8, 4) is 11.5 Å². The van der Waals surface area contributed by atoms with Crippen LogP contribution in [0.3, 0.4) is 0 Å². The Balaban J connectivity index is 1.68. The first-order valence-corrected chi connectivity index (χ1v) is 14.7. The number of fused-ring (bicyclic) bond motifs is 1. The van der Waals surface area contributed by atoms with Crippen molar-refractivity contribution in [2.75, 3.05) is 38.6 Å². The molecule has 9 nitrogen and oxygen atoms in total. The lowest BCUT2D eigenvalue weighted by atomic mass is 9.99. The molecule has 1 aliphatic heterocycles. The molecule has 2 N–H and O–H groups in total. The van der Waals surface area contributed by atoms with E-state index in [9.17, 15) is 18.3 Å². The number of aliphatic hydroxyl groups is 1. The summed E-state index contributed by atoms with van der Waals surface area (Å²) in [5, 5.41) is 9.91. The van der Waals surface area contributed by atoms with Crippen LogP contribution in [0.4, 0.5) is 5.69 Å². The maximum absolute atomic E-state index is 13.7. The lowest BCUT2D eigenvalue weighted by Crippen LogP contribution is -2.49. The van der Waals surface area contributed by atoms with E-state index in [1.54, 1.807) is 55.3 Å². The zero-order chi connectivity index (χ0) is 28.9. The molecule has 0 radical (unpaired) electrons. The van der Waals surface area contributed by atoms with Crippen molar-refractivity contribution >= 4 is 21.6 Å². The monoisotopic (exact) mass is 567 g/mol. The van der Waals surface area contributed by atoms with Crippen molar-refractivity contribution in [1.82, 2.24) is 9.80 Å². The fraction of sp³-hybridized carbons (Fsp3) is 0.367. The lowest BCUT2D eigenvalue weighted by Gasteiger charge is -2.38. The number of hydrogen-bond acceptors (Lipinski definition) is 7. The van der Waals surface area contributed by atoms with Gasteiger partial charge < -0.3 is 19.5 Å². The van der Waals surface area contributed by atoms with Gasteiger partial charge in [-0.15, -0.1) is 0 Å². The van der Waals surface area contributed by atoms with Crippen LogP contribution in [0.2, 0.25) is 0 Å². The first-order valence-electron chi connectivity index (χ1n) is 13.2. The van der Waals surface area contributed by atoms with Crippen LogP contribution in [0, 0.1) is 5.92 Å². The molecule has 3 aromatic carbocycles. The number of aliphatic hydroxyl groups excluding tert-OH is 1. The van der Waals surface area contributed by atoms with Crippen molar-refractivity contribution in [3.05, 3.63) is 83.9 Å². The van der Waals surface area contributed by atoms with Crippen LogP contribution in [-0.4, -0.2) is 75.2 Å². The minimum atomic E-state index is -3.94. The minimum absolute atomic E-state index is 0.101. The largest absolute Gasteiger partial charge is 0.497 e. The molecule has 1 aliphatic rings. The minimum Gasteiger partial charge on any atom is -0.497 e. The molecule has 3 aromatic rings. The first kappa shape index (κ1) is 29.4. The quantitative estimate of drug-likeness (QED) is 0.383. The third-order valence-corrected chi connectivity index (χ3v) is 8.47. The Morgan fingerprint density at radius 1 is 1.10 bits per heavy atom.